The Balaban J connectivity index is 1.71. The molecule has 0 spiro atoms. The summed E-state index contributed by atoms with van der Waals surface area (Å²) in [6.45, 7) is 2.21. The summed E-state index contributed by atoms with van der Waals surface area (Å²) in [4.78, 5) is 12.8. The fraction of sp³-hybridized carbons (Fsp3) is 0.350. The standard InChI is InChI=1S/C20H22F2N2O3S/c1-20(19(25)23-13-15-4-2-5-17(22)12-15)10-3-11-24(14-20)28(26,27)18-8-6-16(21)7-9-18/h2,4-9,12H,3,10-11,13-14H2,1H3,(H,23,25)/t20-/m0/s1. The van der Waals surface area contributed by atoms with Crippen molar-refractivity contribution in [2.45, 2.75) is 31.2 Å². The van der Waals surface area contributed by atoms with Gasteiger partial charge in [-0.05, 0) is 61.7 Å². The van der Waals surface area contributed by atoms with E-state index in [-0.39, 0.29) is 29.7 Å². The van der Waals surface area contributed by atoms with Crippen LogP contribution in [0.1, 0.15) is 25.3 Å². The van der Waals surface area contributed by atoms with Crippen LogP contribution in [-0.2, 0) is 21.4 Å². The first-order valence-corrected chi connectivity index (χ1v) is 10.4. The number of hydrogen-bond acceptors (Lipinski definition) is 3. The van der Waals surface area contributed by atoms with Crippen LogP contribution in [0.25, 0.3) is 0 Å². The summed E-state index contributed by atoms with van der Waals surface area (Å²) < 4.78 is 53.4. The number of nitrogens with one attached hydrogen (secondary N) is 1. The molecule has 1 atom stereocenters. The molecular weight excluding hydrogens is 386 g/mol. The number of piperidine rings is 1. The van der Waals surface area contributed by atoms with Crippen molar-refractivity contribution in [3.63, 3.8) is 0 Å². The van der Waals surface area contributed by atoms with Gasteiger partial charge in [-0.2, -0.15) is 4.31 Å². The van der Waals surface area contributed by atoms with E-state index >= 15 is 0 Å². The molecule has 8 heteroatoms. The van der Waals surface area contributed by atoms with Crippen molar-refractivity contribution < 1.29 is 22.0 Å². The molecule has 1 fully saturated rings. The zero-order valence-corrected chi connectivity index (χ0v) is 16.3. The molecule has 0 saturated carbocycles. The Kier molecular flexibility index (Phi) is 5.81. The van der Waals surface area contributed by atoms with E-state index in [0.29, 0.717) is 24.9 Å². The lowest BCUT2D eigenvalue weighted by molar-refractivity contribution is -0.132. The molecule has 0 radical (unpaired) electrons. The van der Waals surface area contributed by atoms with Gasteiger partial charge in [-0.25, -0.2) is 17.2 Å². The molecule has 1 saturated heterocycles. The van der Waals surface area contributed by atoms with E-state index in [1.54, 1.807) is 19.1 Å². The zero-order valence-electron chi connectivity index (χ0n) is 15.5. The molecule has 0 aromatic heterocycles. The summed E-state index contributed by atoms with van der Waals surface area (Å²) in [5.74, 6) is -1.18. The molecule has 1 N–H and O–H groups in total. The quantitative estimate of drug-likeness (QED) is 0.827. The van der Waals surface area contributed by atoms with Crippen LogP contribution in [-0.4, -0.2) is 31.7 Å². The average Bonchev–Trinajstić information content (AvgIpc) is 2.66. The van der Waals surface area contributed by atoms with E-state index in [2.05, 4.69) is 5.32 Å². The number of benzene rings is 2. The van der Waals surface area contributed by atoms with Crippen molar-refractivity contribution in [3.8, 4) is 0 Å². The van der Waals surface area contributed by atoms with Crippen molar-refractivity contribution in [3.05, 3.63) is 65.7 Å². The zero-order chi connectivity index (χ0) is 20.4. The minimum absolute atomic E-state index is 0.00156. The SMILES string of the molecule is C[C@]1(C(=O)NCc2cccc(F)c2)CCCN(S(=O)(=O)c2ccc(F)cc2)C1. The van der Waals surface area contributed by atoms with Crippen molar-refractivity contribution in [1.82, 2.24) is 9.62 Å². The fourth-order valence-corrected chi connectivity index (χ4v) is 4.98. The maximum Gasteiger partial charge on any atom is 0.243 e. The van der Waals surface area contributed by atoms with E-state index in [9.17, 15) is 22.0 Å². The molecule has 5 nitrogen and oxygen atoms in total. The summed E-state index contributed by atoms with van der Waals surface area (Å²) in [6, 6.07) is 10.6. The fourth-order valence-electron chi connectivity index (χ4n) is 3.38. The maximum absolute atomic E-state index is 13.3. The van der Waals surface area contributed by atoms with Crippen LogP contribution >= 0.6 is 0 Å². The molecule has 1 aliphatic rings. The molecule has 0 bridgehead atoms. The number of carbonyl (C=O) groups excluding carboxylic acids is 1. The van der Waals surface area contributed by atoms with Crippen molar-refractivity contribution in [2.24, 2.45) is 5.41 Å². The molecule has 28 heavy (non-hydrogen) atoms. The Hall–Kier alpha value is -2.32. The van der Waals surface area contributed by atoms with Crippen molar-refractivity contribution in [1.29, 1.82) is 0 Å². The van der Waals surface area contributed by atoms with Gasteiger partial charge in [-0.15, -0.1) is 0 Å². The van der Waals surface area contributed by atoms with Gasteiger partial charge in [0.05, 0.1) is 10.3 Å². The van der Waals surface area contributed by atoms with Crippen LogP contribution in [0.5, 0.6) is 0 Å². The molecule has 0 aliphatic carbocycles. The van der Waals surface area contributed by atoms with Gasteiger partial charge in [0.2, 0.25) is 15.9 Å². The highest BCUT2D eigenvalue weighted by Gasteiger charge is 2.41. The van der Waals surface area contributed by atoms with E-state index < -0.39 is 21.3 Å². The molecule has 150 valence electrons. The molecular formula is C20H22F2N2O3S. The maximum atomic E-state index is 13.3. The van der Waals surface area contributed by atoms with Gasteiger partial charge in [0, 0.05) is 19.6 Å². The van der Waals surface area contributed by atoms with Crippen LogP contribution in [0.15, 0.2) is 53.4 Å². The van der Waals surface area contributed by atoms with Gasteiger partial charge in [-0.1, -0.05) is 12.1 Å². The molecule has 1 amide bonds. The number of sulfonamides is 1. The second-order valence-corrected chi connectivity index (χ2v) is 9.21. The molecule has 0 unspecified atom stereocenters. The normalized spacial score (nSPS) is 20.7. The van der Waals surface area contributed by atoms with Crippen LogP contribution < -0.4 is 5.32 Å². The van der Waals surface area contributed by atoms with Crippen molar-refractivity contribution in [2.75, 3.05) is 13.1 Å². The third kappa shape index (κ3) is 4.39. The Labute approximate surface area is 163 Å². The van der Waals surface area contributed by atoms with Gasteiger partial charge in [0.15, 0.2) is 0 Å². The predicted molar refractivity (Wildman–Crippen MR) is 101 cm³/mol. The van der Waals surface area contributed by atoms with E-state index in [1.807, 2.05) is 0 Å². The monoisotopic (exact) mass is 408 g/mol. The number of amides is 1. The average molecular weight is 408 g/mol. The molecule has 1 heterocycles. The molecule has 1 aliphatic heterocycles. The van der Waals surface area contributed by atoms with Gasteiger partial charge >= 0.3 is 0 Å². The highest BCUT2D eigenvalue weighted by atomic mass is 32.2. The van der Waals surface area contributed by atoms with Crippen LogP contribution in [0.3, 0.4) is 0 Å². The third-order valence-electron chi connectivity index (χ3n) is 5.00. The minimum Gasteiger partial charge on any atom is -0.352 e. The Bertz CT molecular complexity index is 964. The summed E-state index contributed by atoms with van der Waals surface area (Å²) >= 11 is 0. The van der Waals surface area contributed by atoms with Crippen LogP contribution in [0, 0.1) is 17.0 Å². The van der Waals surface area contributed by atoms with E-state index in [1.165, 1.54) is 28.6 Å². The predicted octanol–water partition coefficient (Wildman–Crippen LogP) is 3.07. The van der Waals surface area contributed by atoms with Crippen molar-refractivity contribution >= 4 is 15.9 Å². The van der Waals surface area contributed by atoms with E-state index in [4.69, 9.17) is 0 Å². The first-order chi connectivity index (χ1) is 13.2. The number of carbonyl (C=O) groups is 1. The second-order valence-electron chi connectivity index (χ2n) is 7.27. The summed E-state index contributed by atoms with van der Waals surface area (Å²) in [6.07, 6.45) is 1.07. The Morgan fingerprint density at radius 3 is 2.54 bits per heavy atom. The minimum atomic E-state index is -3.82. The highest BCUT2D eigenvalue weighted by molar-refractivity contribution is 7.89. The number of nitrogens with zero attached hydrogens (tertiary/aromatic N) is 1. The smallest absolute Gasteiger partial charge is 0.243 e. The summed E-state index contributed by atoms with van der Waals surface area (Å²) in [5, 5.41) is 2.78. The Morgan fingerprint density at radius 1 is 1.14 bits per heavy atom. The summed E-state index contributed by atoms with van der Waals surface area (Å²) in [5.41, 5.74) is -0.276. The number of halogens is 2. The van der Waals surface area contributed by atoms with E-state index in [0.717, 1.165) is 12.1 Å². The lowest BCUT2D eigenvalue weighted by Gasteiger charge is -2.38. The lowest BCUT2D eigenvalue weighted by Crippen LogP contribution is -2.51. The number of hydrogen-bond donors (Lipinski definition) is 1. The molecule has 3 rings (SSSR count). The van der Waals surface area contributed by atoms with Gasteiger partial charge in [0.1, 0.15) is 11.6 Å². The summed E-state index contributed by atoms with van der Waals surface area (Å²) in [7, 11) is -3.82. The number of rotatable bonds is 5. The molecule has 2 aromatic carbocycles. The largest absolute Gasteiger partial charge is 0.352 e. The third-order valence-corrected chi connectivity index (χ3v) is 6.86. The first-order valence-electron chi connectivity index (χ1n) is 8.99. The topological polar surface area (TPSA) is 66.5 Å². The Morgan fingerprint density at radius 2 is 1.86 bits per heavy atom. The first kappa shape index (κ1) is 20.4. The highest BCUT2D eigenvalue weighted by Crippen LogP contribution is 2.33. The lowest BCUT2D eigenvalue weighted by atomic mass is 9.82. The van der Waals surface area contributed by atoms with Gasteiger partial charge in [-0.3, -0.25) is 4.79 Å². The van der Waals surface area contributed by atoms with Gasteiger partial charge in [0.25, 0.3) is 0 Å². The second kappa shape index (κ2) is 7.97. The molecule has 2 aromatic rings. The van der Waals surface area contributed by atoms with Crippen LogP contribution in [0.2, 0.25) is 0 Å². The van der Waals surface area contributed by atoms with Crippen LogP contribution in [0.4, 0.5) is 8.78 Å². The van der Waals surface area contributed by atoms with Gasteiger partial charge < -0.3 is 5.32 Å².